The molecule has 0 aliphatic heterocycles. The number of benzene rings is 2. The SMILES string of the molecule is NCCc1c(Cl)cccc1Sc1cccc(Cl)c1. The van der Waals surface area contributed by atoms with E-state index in [1.165, 1.54) is 0 Å². The Morgan fingerprint density at radius 2 is 1.83 bits per heavy atom. The Hall–Kier alpha value is -0.670. The van der Waals surface area contributed by atoms with Crippen LogP contribution in [0, 0.1) is 0 Å². The Morgan fingerprint density at radius 1 is 1.06 bits per heavy atom. The van der Waals surface area contributed by atoms with Gasteiger partial charge in [-0.15, -0.1) is 0 Å². The third-order valence-electron chi connectivity index (χ3n) is 2.49. The topological polar surface area (TPSA) is 26.0 Å². The Labute approximate surface area is 121 Å². The lowest BCUT2D eigenvalue weighted by atomic mass is 10.1. The molecule has 0 spiro atoms. The Kier molecular flexibility index (Phi) is 4.95. The van der Waals surface area contributed by atoms with Gasteiger partial charge in [-0.2, -0.15) is 0 Å². The second-order valence-electron chi connectivity index (χ2n) is 3.81. The van der Waals surface area contributed by atoms with Crippen LogP contribution in [0.4, 0.5) is 0 Å². The largest absolute Gasteiger partial charge is 0.330 e. The molecule has 0 aromatic heterocycles. The standard InChI is InChI=1S/C14H13Cl2NS/c15-10-3-1-4-11(9-10)18-14-6-2-5-13(16)12(14)7-8-17/h1-6,9H,7-8,17H2. The van der Waals surface area contributed by atoms with Crippen LogP contribution in [0.1, 0.15) is 5.56 Å². The molecule has 0 amide bonds. The van der Waals surface area contributed by atoms with Gasteiger partial charge < -0.3 is 5.73 Å². The molecular weight excluding hydrogens is 285 g/mol. The maximum atomic E-state index is 6.21. The highest BCUT2D eigenvalue weighted by Crippen LogP contribution is 2.34. The summed E-state index contributed by atoms with van der Waals surface area (Å²) in [5.41, 5.74) is 6.73. The van der Waals surface area contributed by atoms with Gasteiger partial charge in [-0.25, -0.2) is 0 Å². The van der Waals surface area contributed by atoms with Crippen molar-refractivity contribution in [2.24, 2.45) is 5.73 Å². The van der Waals surface area contributed by atoms with Gasteiger partial charge >= 0.3 is 0 Å². The number of nitrogens with two attached hydrogens (primary N) is 1. The van der Waals surface area contributed by atoms with E-state index in [1.54, 1.807) is 11.8 Å². The van der Waals surface area contributed by atoms with E-state index in [2.05, 4.69) is 6.07 Å². The highest BCUT2D eigenvalue weighted by atomic mass is 35.5. The van der Waals surface area contributed by atoms with Crippen molar-refractivity contribution in [3.05, 3.63) is 58.1 Å². The highest BCUT2D eigenvalue weighted by Gasteiger charge is 2.08. The van der Waals surface area contributed by atoms with E-state index < -0.39 is 0 Å². The van der Waals surface area contributed by atoms with E-state index >= 15 is 0 Å². The molecule has 2 aromatic rings. The molecule has 0 unspecified atom stereocenters. The molecule has 1 nitrogen and oxygen atoms in total. The third-order valence-corrected chi connectivity index (χ3v) is 4.18. The molecule has 18 heavy (non-hydrogen) atoms. The first-order valence-electron chi connectivity index (χ1n) is 5.61. The zero-order valence-corrected chi connectivity index (χ0v) is 12.0. The molecule has 0 bridgehead atoms. The maximum Gasteiger partial charge on any atom is 0.0449 e. The highest BCUT2D eigenvalue weighted by molar-refractivity contribution is 7.99. The summed E-state index contributed by atoms with van der Waals surface area (Å²) in [5.74, 6) is 0. The van der Waals surface area contributed by atoms with Crippen molar-refractivity contribution in [3.8, 4) is 0 Å². The van der Waals surface area contributed by atoms with Crippen LogP contribution in [-0.4, -0.2) is 6.54 Å². The van der Waals surface area contributed by atoms with Crippen LogP contribution >= 0.6 is 35.0 Å². The monoisotopic (exact) mass is 297 g/mol. The molecule has 2 rings (SSSR count). The molecule has 0 aliphatic rings. The van der Waals surface area contributed by atoms with Crippen LogP contribution in [0.2, 0.25) is 10.0 Å². The quantitative estimate of drug-likeness (QED) is 0.889. The third kappa shape index (κ3) is 3.42. The number of hydrogen-bond donors (Lipinski definition) is 1. The lowest BCUT2D eigenvalue weighted by Gasteiger charge is -2.10. The molecule has 0 radical (unpaired) electrons. The van der Waals surface area contributed by atoms with Crippen LogP contribution in [0.25, 0.3) is 0 Å². The van der Waals surface area contributed by atoms with Crippen molar-refractivity contribution >= 4 is 35.0 Å². The second-order valence-corrected chi connectivity index (χ2v) is 5.77. The van der Waals surface area contributed by atoms with Gasteiger partial charge in [0.2, 0.25) is 0 Å². The van der Waals surface area contributed by atoms with Gasteiger partial charge in [0.1, 0.15) is 0 Å². The number of halogens is 2. The van der Waals surface area contributed by atoms with Crippen molar-refractivity contribution < 1.29 is 0 Å². The van der Waals surface area contributed by atoms with Crippen LogP contribution in [0.3, 0.4) is 0 Å². The minimum atomic E-state index is 0.590. The van der Waals surface area contributed by atoms with Crippen molar-refractivity contribution in [3.63, 3.8) is 0 Å². The zero-order chi connectivity index (χ0) is 13.0. The molecule has 0 aliphatic carbocycles. The van der Waals surface area contributed by atoms with Gasteiger partial charge in [0, 0.05) is 19.8 Å². The van der Waals surface area contributed by atoms with Crippen molar-refractivity contribution in [1.82, 2.24) is 0 Å². The Balaban J connectivity index is 2.31. The lowest BCUT2D eigenvalue weighted by molar-refractivity contribution is 0.944. The molecule has 2 N–H and O–H groups in total. The molecule has 94 valence electrons. The fourth-order valence-corrected chi connectivity index (χ4v) is 3.33. The van der Waals surface area contributed by atoms with Crippen LogP contribution in [0.15, 0.2) is 52.3 Å². The molecule has 0 atom stereocenters. The molecular formula is C14H13Cl2NS. The average Bonchev–Trinajstić information content (AvgIpc) is 2.34. The first-order chi connectivity index (χ1) is 8.70. The van der Waals surface area contributed by atoms with E-state index in [4.69, 9.17) is 28.9 Å². The van der Waals surface area contributed by atoms with Crippen molar-refractivity contribution in [2.75, 3.05) is 6.54 Å². The molecule has 0 heterocycles. The van der Waals surface area contributed by atoms with E-state index in [1.807, 2.05) is 36.4 Å². The molecule has 0 fully saturated rings. The fraction of sp³-hybridized carbons (Fsp3) is 0.143. The predicted molar refractivity (Wildman–Crippen MR) is 79.8 cm³/mol. The van der Waals surface area contributed by atoms with Gasteiger partial charge in [0.25, 0.3) is 0 Å². The minimum Gasteiger partial charge on any atom is -0.330 e. The van der Waals surface area contributed by atoms with E-state index in [0.29, 0.717) is 6.54 Å². The summed E-state index contributed by atoms with van der Waals surface area (Å²) in [7, 11) is 0. The number of hydrogen-bond acceptors (Lipinski definition) is 2. The smallest absolute Gasteiger partial charge is 0.0449 e. The first-order valence-corrected chi connectivity index (χ1v) is 7.19. The van der Waals surface area contributed by atoms with E-state index in [0.717, 1.165) is 31.8 Å². The van der Waals surface area contributed by atoms with Crippen molar-refractivity contribution in [1.29, 1.82) is 0 Å². The van der Waals surface area contributed by atoms with Crippen LogP contribution in [0.5, 0.6) is 0 Å². The van der Waals surface area contributed by atoms with Crippen molar-refractivity contribution in [2.45, 2.75) is 16.2 Å². The zero-order valence-electron chi connectivity index (χ0n) is 9.70. The Morgan fingerprint density at radius 3 is 2.56 bits per heavy atom. The maximum absolute atomic E-state index is 6.21. The van der Waals surface area contributed by atoms with Gasteiger partial charge in [-0.1, -0.05) is 47.1 Å². The summed E-state index contributed by atoms with van der Waals surface area (Å²) in [6.07, 6.45) is 0.780. The molecule has 0 saturated heterocycles. The Bertz CT molecular complexity index is 543. The summed E-state index contributed by atoms with van der Waals surface area (Å²) in [6, 6.07) is 13.7. The lowest BCUT2D eigenvalue weighted by Crippen LogP contribution is -2.04. The first kappa shape index (κ1) is 13.8. The van der Waals surface area contributed by atoms with Gasteiger partial charge in [-0.3, -0.25) is 0 Å². The minimum absolute atomic E-state index is 0.590. The average molecular weight is 298 g/mol. The summed E-state index contributed by atoms with van der Waals surface area (Å²) >= 11 is 13.9. The summed E-state index contributed by atoms with van der Waals surface area (Å²) < 4.78 is 0. The summed E-state index contributed by atoms with van der Waals surface area (Å²) in [5, 5.41) is 1.51. The van der Waals surface area contributed by atoms with E-state index in [9.17, 15) is 0 Å². The molecule has 2 aromatic carbocycles. The van der Waals surface area contributed by atoms with E-state index in [-0.39, 0.29) is 0 Å². The second kappa shape index (κ2) is 6.48. The van der Waals surface area contributed by atoms with Gasteiger partial charge in [0.05, 0.1) is 0 Å². The molecule has 4 heteroatoms. The summed E-state index contributed by atoms with van der Waals surface area (Å²) in [6.45, 7) is 0.590. The van der Waals surface area contributed by atoms with Gasteiger partial charge in [-0.05, 0) is 48.9 Å². The summed E-state index contributed by atoms with van der Waals surface area (Å²) in [4.78, 5) is 2.23. The normalized spacial score (nSPS) is 10.6. The van der Waals surface area contributed by atoms with Crippen LogP contribution < -0.4 is 5.73 Å². The predicted octanol–water partition coefficient (Wildman–Crippen LogP) is 4.65. The number of rotatable bonds is 4. The van der Waals surface area contributed by atoms with Gasteiger partial charge in [0.15, 0.2) is 0 Å². The fourth-order valence-electron chi connectivity index (χ4n) is 1.68. The van der Waals surface area contributed by atoms with Crippen LogP contribution in [-0.2, 0) is 6.42 Å². The molecule has 0 saturated carbocycles.